The molecule has 1 aliphatic rings. The first kappa shape index (κ1) is 15.3. The Morgan fingerprint density at radius 2 is 2.10 bits per heavy atom. The molecule has 0 amide bonds. The zero-order chi connectivity index (χ0) is 14.6. The summed E-state index contributed by atoms with van der Waals surface area (Å²) in [5.41, 5.74) is 0.846. The van der Waals surface area contributed by atoms with Crippen LogP contribution in [0.5, 0.6) is 5.75 Å². The monoisotopic (exact) mass is 279 g/mol. The van der Waals surface area contributed by atoms with E-state index < -0.39 is 0 Å². The molecule has 20 heavy (non-hydrogen) atoms. The molecule has 0 aliphatic heterocycles. The van der Waals surface area contributed by atoms with Crippen LogP contribution in [0.4, 0.5) is 4.39 Å². The van der Waals surface area contributed by atoms with Crippen molar-refractivity contribution in [3.8, 4) is 5.75 Å². The van der Waals surface area contributed by atoms with Crippen LogP contribution in [0.1, 0.15) is 45.1 Å². The summed E-state index contributed by atoms with van der Waals surface area (Å²) < 4.78 is 19.4. The quantitative estimate of drug-likeness (QED) is 0.760. The molecule has 1 N–H and O–H groups in total. The Labute approximate surface area is 121 Å². The molecule has 0 heterocycles. The third kappa shape index (κ3) is 3.95. The molecule has 1 saturated carbocycles. The van der Waals surface area contributed by atoms with Crippen LogP contribution < -0.4 is 10.1 Å². The molecular formula is C17H26FNO. The summed E-state index contributed by atoms with van der Waals surface area (Å²) in [5.74, 6) is 1.30. The summed E-state index contributed by atoms with van der Waals surface area (Å²) in [4.78, 5) is 0. The maximum atomic E-state index is 13.1. The van der Waals surface area contributed by atoms with Gasteiger partial charge >= 0.3 is 0 Å². The summed E-state index contributed by atoms with van der Waals surface area (Å²) in [7, 11) is 0. The number of rotatable bonds is 7. The zero-order valence-electron chi connectivity index (χ0n) is 12.8. The van der Waals surface area contributed by atoms with Crippen molar-refractivity contribution in [2.75, 3.05) is 13.1 Å². The number of ether oxygens (including phenoxy) is 1. The molecule has 2 rings (SSSR count). The summed E-state index contributed by atoms with van der Waals surface area (Å²) in [5, 5.41) is 3.48. The maximum Gasteiger partial charge on any atom is 0.123 e. The van der Waals surface area contributed by atoms with Crippen LogP contribution in [0.15, 0.2) is 18.2 Å². The molecule has 1 fully saturated rings. The molecule has 0 saturated heterocycles. The number of hydrogen-bond donors (Lipinski definition) is 1. The molecule has 0 unspecified atom stereocenters. The molecule has 1 aromatic rings. The fourth-order valence-electron chi connectivity index (χ4n) is 2.64. The Balaban J connectivity index is 1.90. The van der Waals surface area contributed by atoms with Gasteiger partial charge in [0.05, 0.1) is 0 Å². The standard InChI is InChI=1S/C17H26FNO/c1-13(2)12-19-10-9-17(7-4-8-17)20-16-6-5-15(18)11-14(16)3/h5-6,11,13,19H,4,7-10,12H2,1-3H3. The van der Waals surface area contributed by atoms with Gasteiger partial charge in [0.1, 0.15) is 17.2 Å². The Hall–Kier alpha value is -1.09. The molecular weight excluding hydrogens is 253 g/mol. The Kier molecular flexibility index (Phi) is 5.03. The number of nitrogens with one attached hydrogen (secondary N) is 1. The largest absolute Gasteiger partial charge is 0.487 e. The van der Waals surface area contributed by atoms with Crippen LogP contribution in [0.2, 0.25) is 0 Å². The van der Waals surface area contributed by atoms with Gasteiger partial charge in [0.15, 0.2) is 0 Å². The normalized spacial score (nSPS) is 17.1. The van der Waals surface area contributed by atoms with E-state index in [1.165, 1.54) is 12.5 Å². The zero-order valence-corrected chi connectivity index (χ0v) is 12.8. The molecule has 1 aromatic carbocycles. The smallest absolute Gasteiger partial charge is 0.123 e. The second kappa shape index (κ2) is 6.57. The van der Waals surface area contributed by atoms with Gasteiger partial charge in [-0.25, -0.2) is 4.39 Å². The van der Waals surface area contributed by atoms with Crippen LogP contribution in [0, 0.1) is 18.7 Å². The van der Waals surface area contributed by atoms with Crippen molar-refractivity contribution in [3.63, 3.8) is 0 Å². The predicted molar refractivity (Wildman–Crippen MR) is 80.7 cm³/mol. The molecule has 0 aromatic heterocycles. The average Bonchev–Trinajstić information content (AvgIpc) is 2.33. The second-order valence-electron chi connectivity index (χ2n) is 6.40. The van der Waals surface area contributed by atoms with E-state index >= 15 is 0 Å². The first-order valence-corrected chi connectivity index (χ1v) is 7.67. The second-order valence-corrected chi connectivity index (χ2v) is 6.40. The fourth-order valence-corrected chi connectivity index (χ4v) is 2.64. The number of halogens is 1. The van der Waals surface area contributed by atoms with Gasteiger partial charge in [-0.1, -0.05) is 13.8 Å². The average molecular weight is 279 g/mol. The van der Waals surface area contributed by atoms with E-state index in [1.54, 1.807) is 12.1 Å². The maximum absolute atomic E-state index is 13.1. The van der Waals surface area contributed by atoms with Crippen LogP contribution >= 0.6 is 0 Å². The highest BCUT2D eigenvalue weighted by atomic mass is 19.1. The van der Waals surface area contributed by atoms with E-state index in [2.05, 4.69) is 19.2 Å². The van der Waals surface area contributed by atoms with E-state index in [1.807, 2.05) is 6.92 Å². The van der Waals surface area contributed by atoms with Gasteiger partial charge in [0, 0.05) is 0 Å². The van der Waals surface area contributed by atoms with Crippen LogP contribution in [-0.2, 0) is 0 Å². The lowest BCUT2D eigenvalue weighted by molar-refractivity contribution is -0.0149. The van der Waals surface area contributed by atoms with Crippen molar-refractivity contribution < 1.29 is 9.13 Å². The lowest BCUT2D eigenvalue weighted by atomic mass is 9.77. The van der Waals surface area contributed by atoms with Gasteiger partial charge in [-0.05, 0) is 75.4 Å². The third-order valence-corrected chi connectivity index (χ3v) is 4.04. The van der Waals surface area contributed by atoms with E-state index in [0.717, 1.165) is 43.7 Å². The van der Waals surface area contributed by atoms with E-state index in [9.17, 15) is 4.39 Å². The molecule has 2 nitrogen and oxygen atoms in total. The molecule has 0 spiro atoms. The minimum atomic E-state index is -0.198. The van der Waals surface area contributed by atoms with E-state index in [4.69, 9.17) is 4.74 Å². The van der Waals surface area contributed by atoms with E-state index in [-0.39, 0.29) is 11.4 Å². The first-order valence-electron chi connectivity index (χ1n) is 7.67. The first-order chi connectivity index (χ1) is 9.51. The fraction of sp³-hybridized carbons (Fsp3) is 0.647. The van der Waals surface area contributed by atoms with Crippen molar-refractivity contribution in [1.29, 1.82) is 0 Å². The molecule has 0 radical (unpaired) electrons. The Morgan fingerprint density at radius 1 is 1.35 bits per heavy atom. The van der Waals surface area contributed by atoms with Crippen LogP contribution in [0.25, 0.3) is 0 Å². The van der Waals surface area contributed by atoms with Crippen LogP contribution in [0.3, 0.4) is 0 Å². The Morgan fingerprint density at radius 3 is 2.65 bits per heavy atom. The third-order valence-electron chi connectivity index (χ3n) is 4.04. The summed E-state index contributed by atoms with van der Waals surface area (Å²) >= 11 is 0. The predicted octanol–water partition coefficient (Wildman–Crippen LogP) is 4.07. The lowest BCUT2D eigenvalue weighted by Crippen LogP contribution is -2.45. The van der Waals surface area contributed by atoms with E-state index in [0.29, 0.717) is 5.92 Å². The number of aryl methyl sites for hydroxylation is 1. The Bertz CT molecular complexity index is 441. The number of benzene rings is 1. The van der Waals surface area contributed by atoms with Gasteiger partial charge in [-0.3, -0.25) is 0 Å². The van der Waals surface area contributed by atoms with Gasteiger partial charge in [0.2, 0.25) is 0 Å². The highest BCUT2D eigenvalue weighted by Crippen LogP contribution is 2.40. The van der Waals surface area contributed by atoms with Gasteiger partial charge in [-0.2, -0.15) is 0 Å². The highest BCUT2D eigenvalue weighted by Gasteiger charge is 2.39. The van der Waals surface area contributed by atoms with Gasteiger partial charge in [-0.15, -0.1) is 0 Å². The summed E-state index contributed by atoms with van der Waals surface area (Å²) in [6.45, 7) is 8.36. The van der Waals surface area contributed by atoms with Crippen LogP contribution in [-0.4, -0.2) is 18.7 Å². The van der Waals surface area contributed by atoms with Crippen molar-refractivity contribution in [2.45, 2.75) is 52.1 Å². The van der Waals surface area contributed by atoms with Gasteiger partial charge < -0.3 is 10.1 Å². The minimum Gasteiger partial charge on any atom is -0.487 e. The van der Waals surface area contributed by atoms with Crippen molar-refractivity contribution in [2.24, 2.45) is 5.92 Å². The summed E-state index contributed by atoms with van der Waals surface area (Å²) in [6.07, 6.45) is 4.46. The van der Waals surface area contributed by atoms with Gasteiger partial charge in [0.25, 0.3) is 0 Å². The van der Waals surface area contributed by atoms with Crippen molar-refractivity contribution >= 4 is 0 Å². The molecule has 0 atom stereocenters. The highest BCUT2D eigenvalue weighted by molar-refractivity contribution is 5.33. The topological polar surface area (TPSA) is 21.3 Å². The summed E-state index contributed by atoms with van der Waals surface area (Å²) in [6, 6.07) is 4.77. The SMILES string of the molecule is Cc1cc(F)ccc1OC1(CCNCC(C)C)CCC1. The lowest BCUT2D eigenvalue weighted by Gasteiger charge is -2.42. The molecule has 0 bridgehead atoms. The minimum absolute atomic E-state index is 0.0351. The molecule has 1 aliphatic carbocycles. The number of hydrogen-bond acceptors (Lipinski definition) is 2. The van der Waals surface area contributed by atoms with Crippen molar-refractivity contribution in [3.05, 3.63) is 29.6 Å². The molecule has 3 heteroatoms. The van der Waals surface area contributed by atoms with Crippen molar-refractivity contribution in [1.82, 2.24) is 5.32 Å². The molecule has 112 valence electrons.